The maximum atomic E-state index is 6.30. The van der Waals surface area contributed by atoms with Gasteiger partial charge >= 0.3 is 0 Å². The van der Waals surface area contributed by atoms with Crippen LogP contribution in [0.2, 0.25) is 0 Å². The molecule has 132 valence electrons. The largest absolute Gasteiger partial charge is 0.328 e. The van der Waals surface area contributed by atoms with Crippen LogP contribution in [0.4, 0.5) is 0 Å². The summed E-state index contributed by atoms with van der Waals surface area (Å²) in [6, 6.07) is 0.490. The van der Waals surface area contributed by atoms with Crippen LogP contribution < -0.4 is 5.73 Å². The smallest absolute Gasteiger partial charge is 0.00418 e. The molecule has 4 fully saturated rings. The van der Waals surface area contributed by atoms with Gasteiger partial charge in [0, 0.05) is 6.04 Å². The molecule has 0 heterocycles. The third-order valence-electron chi connectivity index (χ3n) is 8.90. The highest BCUT2D eigenvalue weighted by Crippen LogP contribution is 2.67. The van der Waals surface area contributed by atoms with Crippen molar-refractivity contribution >= 4 is 12.4 Å². The first-order chi connectivity index (χ1) is 10.5. The Kier molecular flexibility index (Phi) is 4.69. The van der Waals surface area contributed by atoms with E-state index in [1.807, 2.05) is 0 Å². The molecule has 0 aromatic rings. The average molecular weight is 338 g/mol. The van der Waals surface area contributed by atoms with Crippen LogP contribution in [-0.4, -0.2) is 6.04 Å². The summed E-state index contributed by atoms with van der Waals surface area (Å²) in [7, 11) is 0. The van der Waals surface area contributed by atoms with Crippen LogP contribution in [0.15, 0.2) is 11.6 Å². The normalized spacial score (nSPS) is 53.9. The van der Waals surface area contributed by atoms with Gasteiger partial charge in [0.2, 0.25) is 0 Å². The van der Waals surface area contributed by atoms with E-state index in [1.165, 1.54) is 57.8 Å². The SMILES string of the molecule is C/C=C1/CC[C@H]2[C@@H]3CC[C@H]4C[C@H](N)CC[C@]4(C)[C@H]3CC[C@]12C.Cl. The van der Waals surface area contributed by atoms with Crippen molar-refractivity contribution in [2.45, 2.75) is 84.6 Å². The minimum atomic E-state index is 0. The Morgan fingerprint density at radius 3 is 2.52 bits per heavy atom. The summed E-state index contributed by atoms with van der Waals surface area (Å²) in [5, 5.41) is 0. The molecule has 4 rings (SSSR count). The lowest BCUT2D eigenvalue weighted by Crippen LogP contribution is -2.54. The summed E-state index contributed by atoms with van der Waals surface area (Å²) >= 11 is 0. The van der Waals surface area contributed by atoms with Gasteiger partial charge in [-0.1, -0.05) is 25.5 Å². The fourth-order valence-electron chi connectivity index (χ4n) is 7.61. The van der Waals surface area contributed by atoms with E-state index in [0.29, 0.717) is 16.9 Å². The van der Waals surface area contributed by atoms with Crippen molar-refractivity contribution < 1.29 is 0 Å². The second-order valence-electron chi connectivity index (χ2n) is 9.50. The van der Waals surface area contributed by atoms with Crippen LogP contribution in [0.3, 0.4) is 0 Å². The van der Waals surface area contributed by atoms with Crippen molar-refractivity contribution in [1.82, 2.24) is 0 Å². The van der Waals surface area contributed by atoms with Crippen LogP contribution in [-0.2, 0) is 0 Å². The maximum absolute atomic E-state index is 6.30. The molecule has 23 heavy (non-hydrogen) atoms. The van der Waals surface area contributed by atoms with E-state index >= 15 is 0 Å². The zero-order chi connectivity index (χ0) is 15.5. The quantitative estimate of drug-likeness (QED) is 0.561. The predicted molar refractivity (Wildman–Crippen MR) is 101 cm³/mol. The van der Waals surface area contributed by atoms with Crippen LogP contribution in [0.1, 0.15) is 78.6 Å². The summed E-state index contributed by atoms with van der Waals surface area (Å²) in [4.78, 5) is 0. The molecule has 4 saturated carbocycles. The number of hydrogen-bond donors (Lipinski definition) is 1. The maximum Gasteiger partial charge on any atom is 0.00418 e. The second-order valence-corrected chi connectivity index (χ2v) is 9.50. The number of halogens is 1. The second kappa shape index (κ2) is 6.06. The lowest BCUT2D eigenvalue weighted by molar-refractivity contribution is -0.0999. The van der Waals surface area contributed by atoms with Crippen LogP contribution in [0.25, 0.3) is 0 Å². The van der Waals surface area contributed by atoms with Crippen molar-refractivity contribution in [2.75, 3.05) is 0 Å². The molecule has 0 aromatic heterocycles. The highest BCUT2D eigenvalue weighted by molar-refractivity contribution is 5.85. The number of hydrogen-bond acceptors (Lipinski definition) is 1. The molecule has 0 spiro atoms. The Morgan fingerprint density at radius 1 is 1.00 bits per heavy atom. The lowest BCUT2D eigenvalue weighted by Gasteiger charge is -2.60. The van der Waals surface area contributed by atoms with Gasteiger partial charge in [-0.3, -0.25) is 0 Å². The van der Waals surface area contributed by atoms with E-state index in [0.717, 1.165) is 23.7 Å². The van der Waals surface area contributed by atoms with Gasteiger partial charge in [-0.25, -0.2) is 0 Å². The van der Waals surface area contributed by atoms with Gasteiger partial charge in [0.25, 0.3) is 0 Å². The standard InChI is InChI=1S/C21H35N.ClH/c1-4-14-6-8-18-17-7-5-15-13-16(22)9-11-21(15,3)19(17)10-12-20(14,18)2;/h4,15-19H,5-13,22H2,1-3H3;1H/b14-4-;/t15-,16+,17-,18-,19-,20+,21-;/m0./s1. The zero-order valence-corrected chi connectivity index (χ0v) is 16.1. The molecule has 2 heteroatoms. The first-order valence-corrected chi connectivity index (χ1v) is 9.90. The summed E-state index contributed by atoms with van der Waals surface area (Å²) in [6.07, 6.45) is 15.2. The summed E-state index contributed by atoms with van der Waals surface area (Å²) in [6.45, 7) is 7.52. The van der Waals surface area contributed by atoms with Gasteiger partial charge in [0.05, 0.1) is 0 Å². The van der Waals surface area contributed by atoms with Gasteiger partial charge in [-0.05, 0) is 99.2 Å². The fourth-order valence-corrected chi connectivity index (χ4v) is 7.61. The Hall–Kier alpha value is -0.0100. The highest BCUT2D eigenvalue weighted by Gasteiger charge is 2.58. The van der Waals surface area contributed by atoms with E-state index in [2.05, 4.69) is 26.8 Å². The molecule has 0 amide bonds. The fraction of sp³-hybridized carbons (Fsp3) is 0.905. The van der Waals surface area contributed by atoms with Crippen LogP contribution in [0, 0.1) is 34.5 Å². The molecule has 0 saturated heterocycles. The number of allylic oxidation sites excluding steroid dienone is 2. The van der Waals surface area contributed by atoms with E-state index in [1.54, 1.807) is 5.57 Å². The van der Waals surface area contributed by atoms with E-state index < -0.39 is 0 Å². The lowest BCUT2D eigenvalue weighted by atomic mass is 9.45. The number of fused-ring (bicyclic) bond motifs is 5. The third-order valence-corrected chi connectivity index (χ3v) is 8.90. The highest BCUT2D eigenvalue weighted by atomic mass is 35.5. The predicted octanol–water partition coefficient (Wildman–Crippen LogP) is 5.72. The third kappa shape index (κ3) is 2.44. The Morgan fingerprint density at radius 2 is 1.78 bits per heavy atom. The van der Waals surface area contributed by atoms with Crippen LogP contribution in [0.5, 0.6) is 0 Å². The van der Waals surface area contributed by atoms with Gasteiger partial charge in [-0.15, -0.1) is 12.4 Å². The zero-order valence-electron chi connectivity index (χ0n) is 15.3. The van der Waals surface area contributed by atoms with Crippen molar-refractivity contribution in [3.63, 3.8) is 0 Å². The molecule has 7 atom stereocenters. The van der Waals surface area contributed by atoms with Gasteiger partial charge in [0.15, 0.2) is 0 Å². The van der Waals surface area contributed by atoms with Gasteiger partial charge < -0.3 is 5.73 Å². The van der Waals surface area contributed by atoms with Crippen molar-refractivity contribution in [3.05, 3.63) is 11.6 Å². The first-order valence-electron chi connectivity index (χ1n) is 9.90. The van der Waals surface area contributed by atoms with Crippen molar-refractivity contribution in [2.24, 2.45) is 40.2 Å². The molecule has 0 aliphatic heterocycles. The monoisotopic (exact) mass is 337 g/mol. The summed E-state index contributed by atoms with van der Waals surface area (Å²) in [5.74, 6) is 3.90. The summed E-state index contributed by atoms with van der Waals surface area (Å²) < 4.78 is 0. The Labute approximate surface area is 149 Å². The number of rotatable bonds is 0. The molecular formula is C21H36ClN. The van der Waals surface area contributed by atoms with Crippen LogP contribution >= 0.6 is 12.4 Å². The van der Waals surface area contributed by atoms with Crippen molar-refractivity contribution in [3.8, 4) is 0 Å². The first kappa shape index (κ1) is 17.8. The van der Waals surface area contributed by atoms with E-state index in [4.69, 9.17) is 5.73 Å². The Bertz CT molecular complexity index is 486. The minimum absolute atomic E-state index is 0. The topological polar surface area (TPSA) is 26.0 Å². The molecule has 1 nitrogen and oxygen atoms in total. The van der Waals surface area contributed by atoms with Gasteiger partial charge in [0.1, 0.15) is 0 Å². The number of nitrogens with two attached hydrogens (primary N) is 1. The minimum Gasteiger partial charge on any atom is -0.328 e. The molecule has 0 unspecified atom stereocenters. The van der Waals surface area contributed by atoms with E-state index in [-0.39, 0.29) is 12.4 Å². The molecule has 2 N–H and O–H groups in total. The molecule has 0 bridgehead atoms. The molecule has 4 aliphatic carbocycles. The van der Waals surface area contributed by atoms with E-state index in [9.17, 15) is 0 Å². The average Bonchev–Trinajstić information content (AvgIpc) is 2.84. The van der Waals surface area contributed by atoms with Crippen molar-refractivity contribution in [1.29, 1.82) is 0 Å². The van der Waals surface area contributed by atoms with Gasteiger partial charge in [-0.2, -0.15) is 0 Å². The molecule has 0 radical (unpaired) electrons. The molecular weight excluding hydrogens is 302 g/mol. The summed E-state index contributed by atoms with van der Waals surface area (Å²) in [5.41, 5.74) is 9.25. The Balaban J connectivity index is 0.00000156. The molecule has 4 aliphatic rings. The molecule has 0 aromatic carbocycles.